The third kappa shape index (κ3) is 4.17. The Labute approximate surface area is 92.2 Å². The van der Waals surface area contributed by atoms with Crippen LogP contribution in [0, 0.1) is 17.2 Å². The fraction of sp³-hybridized carbons (Fsp3) is 0.909. The molecule has 0 aromatic rings. The summed E-state index contributed by atoms with van der Waals surface area (Å²) < 4.78 is 5.10. The number of piperidine rings is 1. The van der Waals surface area contributed by atoms with Gasteiger partial charge in [-0.3, -0.25) is 4.90 Å². The molecule has 15 heavy (non-hydrogen) atoms. The molecule has 0 saturated carbocycles. The normalized spacial score (nSPS) is 21.1. The maximum absolute atomic E-state index is 8.85. The number of hydrogen-bond donors (Lipinski definition) is 1. The maximum Gasteiger partial charge on any atom is 0.0986 e. The van der Waals surface area contributed by atoms with E-state index in [4.69, 9.17) is 10.00 Å². The van der Waals surface area contributed by atoms with E-state index in [1.165, 1.54) is 12.8 Å². The topological polar surface area (TPSA) is 48.3 Å². The summed E-state index contributed by atoms with van der Waals surface area (Å²) in [4.78, 5) is 2.32. The smallest absolute Gasteiger partial charge is 0.0986 e. The van der Waals surface area contributed by atoms with Crippen molar-refractivity contribution in [2.75, 3.05) is 34.0 Å². The minimum absolute atomic E-state index is 0.0176. The van der Waals surface area contributed by atoms with Gasteiger partial charge in [-0.15, -0.1) is 0 Å². The summed E-state index contributed by atoms with van der Waals surface area (Å²) in [7, 11) is 3.59. The first kappa shape index (κ1) is 12.4. The molecule has 1 N–H and O–H groups in total. The summed E-state index contributed by atoms with van der Waals surface area (Å²) >= 11 is 0. The Morgan fingerprint density at radius 3 is 2.67 bits per heavy atom. The van der Waals surface area contributed by atoms with Gasteiger partial charge in [0.1, 0.15) is 0 Å². The Bertz CT molecular complexity index is 206. The molecule has 0 spiro atoms. The fourth-order valence-electron chi connectivity index (χ4n) is 2.10. The zero-order valence-corrected chi connectivity index (χ0v) is 9.70. The molecule has 0 radical (unpaired) electrons. The zero-order valence-electron chi connectivity index (χ0n) is 9.70. The van der Waals surface area contributed by atoms with E-state index in [0.29, 0.717) is 5.92 Å². The number of nitrogens with zero attached hydrogens (tertiary/aromatic N) is 2. The molecule has 0 bridgehead atoms. The minimum Gasteiger partial charge on any atom is -0.369 e. The number of nitriles is 1. The van der Waals surface area contributed by atoms with E-state index in [1.54, 1.807) is 7.11 Å². The molecule has 0 aromatic carbocycles. The van der Waals surface area contributed by atoms with Crippen molar-refractivity contribution in [3.05, 3.63) is 0 Å². The van der Waals surface area contributed by atoms with Gasteiger partial charge in [-0.05, 0) is 32.2 Å². The van der Waals surface area contributed by atoms with Gasteiger partial charge < -0.3 is 10.1 Å². The molecule has 0 aromatic heterocycles. The summed E-state index contributed by atoms with van der Waals surface area (Å²) in [5, 5.41) is 11.9. The second-order valence-electron chi connectivity index (χ2n) is 4.19. The average Bonchev–Trinajstić information content (AvgIpc) is 2.28. The highest BCUT2D eigenvalue weighted by Gasteiger charge is 2.21. The molecule has 86 valence electrons. The van der Waals surface area contributed by atoms with Gasteiger partial charge in [0.05, 0.1) is 18.8 Å². The molecular formula is C11H21N3O. The molecule has 1 aliphatic rings. The molecule has 1 atom stereocenters. The number of hydrogen-bond acceptors (Lipinski definition) is 4. The van der Waals surface area contributed by atoms with E-state index >= 15 is 0 Å². The van der Waals surface area contributed by atoms with Crippen LogP contribution in [0.2, 0.25) is 0 Å². The average molecular weight is 211 g/mol. The molecule has 4 nitrogen and oxygen atoms in total. The summed E-state index contributed by atoms with van der Waals surface area (Å²) in [5.74, 6) is 0.690. The lowest BCUT2D eigenvalue weighted by atomic mass is 9.91. The summed E-state index contributed by atoms with van der Waals surface area (Å²) in [6.07, 6.45) is 3.35. The molecule has 1 saturated heterocycles. The van der Waals surface area contributed by atoms with Gasteiger partial charge in [-0.1, -0.05) is 0 Å². The lowest BCUT2D eigenvalue weighted by molar-refractivity contribution is 0.0379. The number of methoxy groups -OCH3 is 1. The molecule has 0 amide bonds. The van der Waals surface area contributed by atoms with Crippen molar-refractivity contribution in [1.29, 1.82) is 5.26 Å². The predicted molar refractivity (Wildman–Crippen MR) is 59.3 cm³/mol. The third-order valence-corrected chi connectivity index (χ3v) is 3.09. The molecule has 1 heterocycles. The number of rotatable bonds is 5. The summed E-state index contributed by atoms with van der Waals surface area (Å²) in [5.41, 5.74) is 0. The molecular weight excluding hydrogens is 190 g/mol. The van der Waals surface area contributed by atoms with Crippen molar-refractivity contribution in [2.45, 2.75) is 25.3 Å². The third-order valence-electron chi connectivity index (χ3n) is 3.09. The van der Waals surface area contributed by atoms with Crippen LogP contribution < -0.4 is 5.32 Å². The quantitative estimate of drug-likeness (QED) is 0.731. The van der Waals surface area contributed by atoms with E-state index in [-0.39, 0.29) is 6.04 Å². The second kappa shape index (κ2) is 6.78. The highest BCUT2D eigenvalue weighted by Crippen LogP contribution is 2.21. The first-order chi connectivity index (χ1) is 7.30. The van der Waals surface area contributed by atoms with Gasteiger partial charge in [0.2, 0.25) is 0 Å². The van der Waals surface area contributed by atoms with E-state index in [2.05, 4.69) is 16.3 Å². The Balaban J connectivity index is 2.22. The van der Waals surface area contributed by atoms with Crippen LogP contribution in [0.1, 0.15) is 19.3 Å². The highest BCUT2D eigenvalue weighted by atomic mass is 16.5. The van der Waals surface area contributed by atoms with Crippen molar-refractivity contribution in [1.82, 2.24) is 10.2 Å². The highest BCUT2D eigenvalue weighted by molar-refractivity contribution is 4.91. The molecule has 1 unspecified atom stereocenters. The van der Waals surface area contributed by atoms with E-state index < -0.39 is 0 Å². The monoisotopic (exact) mass is 211 g/mol. The number of ether oxygens (including phenoxy) is 1. The van der Waals surface area contributed by atoms with Gasteiger partial charge >= 0.3 is 0 Å². The Morgan fingerprint density at radius 1 is 1.53 bits per heavy atom. The molecule has 1 aliphatic heterocycles. The van der Waals surface area contributed by atoms with Crippen molar-refractivity contribution >= 4 is 0 Å². The molecule has 1 rings (SSSR count). The predicted octanol–water partition coefficient (Wildman–Crippen LogP) is 0.804. The standard InChI is InChI=1S/C11H21N3O/c1-13-11(8-12)7-10-3-5-14(6-4-10)9-15-2/h10-11,13H,3-7,9H2,1-2H3. The van der Waals surface area contributed by atoms with Crippen molar-refractivity contribution < 1.29 is 4.74 Å². The lowest BCUT2D eigenvalue weighted by Gasteiger charge is -2.31. The molecule has 0 aliphatic carbocycles. The van der Waals surface area contributed by atoms with Gasteiger partial charge in [-0.2, -0.15) is 5.26 Å². The SMILES string of the molecule is CNC(C#N)CC1CCN(COC)CC1. The van der Waals surface area contributed by atoms with Gasteiger partial charge in [-0.25, -0.2) is 0 Å². The Hall–Kier alpha value is -0.630. The van der Waals surface area contributed by atoms with Crippen molar-refractivity contribution in [3.8, 4) is 6.07 Å². The Kier molecular flexibility index (Phi) is 5.62. The molecule has 4 heteroatoms. The lowest BCUT2D eigenvalue weighted by Crippen LogP contribution is -2.37. The van der Waals surface area contributed by atoms with Crippen LogP contribution in [-0.4, -0.2) is 44.9 Å². The van der Waals surface area contributed by atoms with E-state index in [9.17, 15) is 0 Å². The van der Waals surface area contributed by atoms with Crippen LogP contribution in [0.25, 0.3) is 0 Å². The number of nitrogens with one attached hydrogen (secondary N) is 1. The van der Waals surface area contributed by atoms with Crippen molar-refractivity contribution in [3.63, 3.8) is 0 Å². The largest absolute Gasteiger partial charge is 0.369 e. The fourth-order valence-corrected chi connectivity index (χ4v) is 2.10. The minimum atomic E-state index is 0.0176. The van der Waals surface area contributed by atoms with Crippen LogP contribution in [-0.2, 0) is 4.74 Å². The van der Waals surface area contributed by atoms with E-state index in [0.717, 1.165) is 26.2 Å². The van der Waals surface area contributed by atoms with Crippen LogP contribution in [0.4, 0.5) is 0 Å². The first-order valence-corrected chi connectivity index (χ1v) is 5.58. The van der Waals surface area contributed by atoms with Gasteiger partial charge in [0.15, 0.2) is 0 Å². The zero-order chi connectivity index (χ0) is 11.1. The van der Waals surface area contributed by atoms with Crippen molar-refractivity contribution in [2.24, 2.45) is 5.92 Å². The maximum atomic E-state index is 8.85. The summed E-state index contributed by atoms with van der Waals surface area (Å²) in [6, 6.07) is 2.30. The van der Waals surface area contributed by atoms with Crippen LogP contribution >= 0.6 is 0 Å². The second-order valence-corrected chi connectivity index (χ2v) is 4.19. The van der Waals surface area contributed by atoms with Crippen LogP contribution in [0.15, 0.2) is 0 Å². The van der Waals surface area contributed by atoms with Crippen LogP contribution in [0.5, 0.6) is 0 Å². The van der Waals surface area contributed by atoms with E-state index in [1.807, 2.05) is 7.05 Å². The first-order valence-electron chi connectivity index (χ1n) is 5.58. The van der Waals surface area contributed by atoms with Gasteiger partial charge in [0.25, 0.3) is 0 Å². The Morgan fingerprint density at radius 2 is 2.20 bits per heavy atom. The molecule has 1 fully saturated rings. The van der Waals surface area contributed by atoms with Gasteiger partial charge in [0, 0.05) is 20.2 Å². The summed E-state index contributed by atoms with van der Waals surface area (Å²) in [6.45, 7) is 2.93. The van der Waals surface area contributed by atoms with Crippen LogP contribution in [0.3, 0.4) is 0 Å². The number of likely N-dealkylation sites (tertiary alicyclic amines) is 1.